The maximum absolute atomic E-state index is 14.1. The van der Waals surface area contributed by atoms with Crippen LogP contribution in [0.2, 0.25) is 0 Å². The molecule has 3 heterocycles. The normalized spacial score (nSPS) is 11.9. The second-order valence-electron chi connectivity index (χ2n) is 8.30. The van der Waals surface area contributed by atoms with Gasteiger partial charge in [0.1, 0.15) is 9.96 Å². The molecular formula is C26H24N2O5S2. The van der Waals surface area contributed by atoms with Crippen LogP contribution in [0.25, 0.3) is 32.9 Å². The van der Waals surface area contributed by atoms with Gasteiger partial charge in [-0.25, -0.2) is 3.97 Å². The highest BCUT2D eigenvalue weighted by atomic mass is 32.2. The fourth-order valence-electron chi connectivity index (χ4n) is 4.34. The molecule has 3 aromatic heterocycles. The van der Waals surface area contributed by atoms with Gasteiger partial charge in [0.25, 0.3) is 10.0 Å². The number of nitrogens with zero attached hydrogens (tertiary/aromatic N) is 1. The second-order valence-corrected chi connectivity index (χ2v) is 11.6. The van der Waals surface area contributed by atoms with Gasteiger partial charge in [-0.2, -0.15) is 8.42 Å². The lowest BCUT2D eigenvalue weighted by atomic mass is 10.1. The van der Waals surface area contributed by atoms with Gasteiger partial charge in [0, 0.05) is 40.2 Å². The Morgan fingerprint density at radius 1 is 1.14 bits per heavy atom. The molecule has 0 aliphatic rings. The fourth-order valence-corrected chi connectivity index (χ4v) is 7.47. The zero-order chi connectivity index (χ0) is 24.7. The van der Waals surface area contributed by atoms with Gasteiger partial charge >= 0.3 is 5.97 Å². The van der Waals surface area contributed by atoms with Gasteiger partial charge in [-0.05, 0) is 79.2 Å². The summed E-state index contributed by atoms with van der Waals surface area (Å²) in [5.74, 6) is -0.328. The highest BCUT2D eigenvalue weighted by Gasteiger charge is 2.27. The van der Waals surface area contributed by atoms with Crippen molar-refractivity contribution in [3.8, 4) is 16.9 Å². The summed E-state index contributed by atoms with van der Waals surface area (Å²) in [7, 11) is -3.97. The van der Waals surface area contributed by atoms with Crippen molar-refractivity contribution in [3.05, 3.63) is 71.4 Å². The van der Waals surface area contributed by atoms with Crippen LogP contribution >= 0.6 is 11.3 Å². The Kier molecular flexibility index (Phi) is 5.90. The van der Waals surface area contributed by atoms with E-state index in [2.05, 4.69) is 4.98 Å². The van der Waals surface area contributed by atoms with Gasteiger partial charge in [0.15, 0.2) is 0 Å². The van der Waals surface area contributed by atoms with Crippen LogP contribution in [0.3, 0.4) is 0 Å². The first kappa shape index (κ1) is 23.2. The van der Waals surface area contributed by atoms with Crippen molar-refractivity contribution < 1.29 is 23.1 Å². The quantitative estimate of drug-likeness (QED) is 0.275. The standard InChI is InChI=1S/C26H24N2O5S2/c1-3-33-20-6-8-24-21(14-20)19(5-9-25(29)30)15-28(24)35(31,32)26-22(12-16(2)34-26)17-4-7-23-18(13-17)10-11-27-23/h4,6-8,10-15,27H,3,5,9H2,1-2H3,(H,29,30). The summed E-state index contributed by atoms with van der Waals surface area (Å²) in [6.07, 6.45) is 3.52. The third-order valence-electron chi connectivity index (χ3n) is 5.92. The lowest BCUT2D eigenvalue weighted by molar-refractivity contribution is -0.136. The number of rotatable bonds is 8. The highest BCUT2D eigenvalue weighted by Crippen LogP contribution is 2.39. The van der Waals surface area contributed by atoms with Crippen molar-refractivity contribution in [2.45, 2.75) is 30.9 Å². The number of H-pyrrole nitrogens is 1. The van der Waals surface area contributed by atoms with Gasteiger partial charge in [-0.3, -0.25) is 4.79 Å². The van der Waals surface area contributed by atoms with Crippen LogP contribution in [0, 0.1) is 6.92 Å². The number of aromatic amines is 1. The number of benzene rings is 2. The van der Waals surface area contributed by atoms with Crippen LogP contribution in [-0.2, 0) is 21.2 Å². The van der Waals surface area contributed by atoms with Gasteiger partial charge in [0.05, 0.1) is 12.1 Å². The van der Waals surface area contributed by atoms with E-state index in [-0.39, 0.29) is 17.1 Å². The molecule has 0 unspecified atom stereocenters. The molecule has 0 fully saturated rings. The summed E-state index contributed by atoms with van der Waals surface area (Å²) in [4.78, 5) is 15.3. The van der Waals surface area contributed by atoms with Crippen molar-refractivity contribution in [1.82, 2.24) is 8.96 Å². The predicted molar refractivity (Wildman–Crippen MR) is 138 cm³/mol. The molecule has 2 aromatic carbocycles. The van der Waals surface area contributed by atoms with E-state index < -0.39 is 16.0 Å². The average molecular weight is 509 g/mol. The number of aryl methyl sites for hydroxylation is 2. The number of aliphatic carboxylic acids is 1. The molecule has 0 saturated heterocycles. The summed E-state index contributed by atoms with van der Waals surface area (Å²) < 4.78 is 35.2. The average Bonchev–Trinajstić information content (AvgIpc) is 3.54. The molecule has 0 aliphatic heterocycles. The predicted octanol–water partition coefficient (Wildman–Crippen LogP) is 5.81. The molecule has 2 N–H and O–H groups in total. The number of carboxylic acid groups (broad SMARTS) is 1. The van der Waals surface area contributed by atoms with Crippen LogP contribution in [0.15, 0.2) is 65.1 Å². The summed E-state index contributed by atoms with van der Waals surface area (Å²) in [5.41, 5.74) is 3.59. The van der Waals surface area contributed by atoms with E-state index in [0.717, 1.165) is 21.3 Å². The monoisotopic (exact) mass is 508 g/mol. The molecule has 0 atom stereocenters. The number of carbonyl (C=O) groups is 1. The Balaban J connectivity index is 1.68. The largest absolute Gasteiger partial charge is 0.494 e. The topological polar surface area (TPSA) is 101 Å². The number of hydrogen-bond donors (Lipinski definition) is 2. The molecular weight excluding hydrogens is 484 g/mol. The number of fused-ring (bicyclic) bond motifs is 2. The molecule has 0 amide bonds. The van der Waals surface area contributed by atoms with E-state index in [1.807, 2.05) is 50.4 Å². The highest BCUT2D eigenvalue weighted by molar-refractivity contribution is 7.92. The zero-order valence-electron chi connectivity index (χ0n) is 19.2. The molecule has 9 heteroatoms. The summed E-state index contributed by atoms with van der Waals surface area (Å²) >= 11 is 1.23. The lowest BCUT2D eigenvalue weighted by Gasteiger charge is -2.10. The molecule has 0 radical (unpaired) electrons. The van der Waals surface area contributed by atoms with Crippen molar-refractivity contribution in [2.75, 3.05) is 6.61 Å². The first-order chi connectivity index (χ1) is 16.8. The number of carboxylic acids is 1. The van der Waals surface area contributed by atoms with Crippen LogP contribution in [0.5, 0.6) is 5.75 Å². The number of nitrogens with one attached hydrogen (secondary N) is 1. The van der Waals surface area contributed by atoms with Crippen molar-refractivity contribution in [1.29, 1.82) is 0 Å². The number of aromatic nitrogens is 2. The third kappa shape index (κ3) is 4.21. The van der Waals surface area contributed by atoms with E-state index in [1.165, 1.54) is 15.3 Å². The summed E-state index contributed by atoms with van der Waals surface area (Å²) in [6, 6.07) is 14.9. The van der Waals surface area contributed by atoms with E-state index in [0.29, 0.717) is 34.4 Å². The molecule has 180 valence electrons. The van der Waals surface area contributed by atoms with E-state index in [9.17, 15) is 18.3 Å². The molecule has 5 rings (SSSR count). The third-order valence-corrected chi connectivity index (χ3v) is 9.16. The van der Waals surface area contributed by atoms with Crippen molar-refractivity contribution in [2.24, 2.45) is 0 Å². The molecule has 0 saturated carbocycles. The van der Waals surface area contributed by atoms with Gasteiger partial charge < -0.3 is 14.8 Å². The smallest absolute Gasteiger partial charge is 0.303 e. The SMILES string of the molecule is CCOc1ccc2c(c1)c(CCC(=O)O)cn2S(=O)(=O)c1sc(C)cc1-c1ccc2[nH]ccc2c1. The maximum Gasteiger partial charge on any atom is 0.303 e. The molecule has 0 aliphatic carbocycles. The van der Waals surface area contributed by atoms with Crippen molar-refractivity contribution >= 4 is 49.1 Å². The Morgan fingerprint density at radius 2 is 1.97 bits per heavy atom. The second kappa shape index (κ2) is 8.90. The number of hydrogen-bond acceptors (Lipinski definition) is 5. The van der Waals surface area contributed by atoms with Crippen molar-refractivity contribution in [3.63, 3.8) is 0 Å². The molecule has 0 bridgehead atoms. The Morgan fingerprint density at radius 3 is 2.74 bits per heavy atom. The Hall–Kier alpha value is -3.56. The van der Waals surface area contributed by atoms with Gasteiger partial charge in [0.2, 0.25) is 0 Å². The Labute approximate surface area is 206 Å². The minimum Gasteiger partial charge on any atom is -0.494 e. The lowest BCUT2D eigenvalue weighted by Crippen LogP contribution is -2.11. The zero-order valence-corrected chi connectivity index (χ0v) is 20.9. The Bertz CT molecular complexity index is 1670. The molecule has 7 nitrogen and oxygen atoms in total. The molecule has 0 spiro atoms. The van der Waals surface area contributed by atoms with E-state index in [1.54, 1.807) is 24.4 Å². The van der Waals surface area contributed by atoms with E-state index in [4.69, 9.17) is 4.74 Å². The number of ether oxygens (including phenoxy) is 1. The van der Waals surface area contributed by atoms with E-state index >= 15 is 0 Å². The fraction of sp³-hybridized carbons (Fsp3) is 0.192. The van der Waals surface area contributed by atoms with Crippen LogP contribution < -0.4 is 4.74 Å². The molecule has 5 aromatic rings. The van der Waals surface area contributed by atoms with Gasteiger partial charge in [-0.1, -0.05) is 6.07 Å². The molecule has 35 heavy (non-hydrogen) atoms. The maximum atomic E-state index is 14.1. The first-order valence-electron chi connectivity index (χ1n) is 11.2. The van der Waals surface area contributed by atoms with Crippen LogP contribution in [0.4, 0.5) is 0 Å². The summed E-state index contributed by atoms with van der Waals surface area (Å²) in [6.45, 7) is 4.23. The summed E-state index contributed by atoms with van der Waals surface area (Å²) in [5, 5.41) is 10.9. The first-order valence-corrected chi connectivity index (χ1v) is 13.5. The minimum atomic E-state index is -3.97. The minimum absolute atomic E-state index is 0.0991. The van der Waals surface area contributed by atoms with Crippen LogP contribution in [-0.4, -0.2) is 35.1 Å². The van der Waals surface area contributed by atoms with Gasteiger partial charge in [-0.15, -0.1) is 11.3 Å². The van der Waals surface area contributed by atoms with Crippen LogP contribution in [0.1, 0.15) is 23.8 Å². The number of thiophene rings is 1.